The van der Waals surface area contributed by atoms with Gasteiger partial charge < -0.3 is 20.5 Å². The number of rotatable bonds is 5. The van der Waals surface area contributed by atoms with E-state index >= 15 is 0 Å². The molecule has 0 aromatic rings. The highest BCUT2D eigenvalue weighted by Gasteiger charge is 2.25. The molecule has 0 aromatic heterocycles. The molecule has 98 valence electrons. The lowest BCUT2D eigenvalue weighted by atomic mass is 9.96. The quantitative estimate of drug-likeness (QED) is 0.604. The summed E-state index contributed by atoms with van der Waals surface area (Å²) in [6, 6.07) is 0. The topological polar surface area (TPSA) is 87.7 Å². The minimum atomic E-state index is -0.886. The van der Waals surface area contributed by atoms with Crippen LogP contribution in [0.1, 0.15) is 13.8 Å². The lowest BCUT2D eigenvalue weighted by molar-refractivity contribution is -0.143. The third-order valence-corrected chi connectivity index (χ3v) is 2.84. The molecule has 6 nitrogen and oxygen atoms in total. The first-order valence-corrected chi connectivity index (χ1v) is 5.85. The van der Waals surface area contributed by atoms with Gasteiger partial charge >= 0.3 is 5.97 Å². The Morgan fingerprint density at radius 2 is 2.24 bits per heavy atom. The summed E-state index contributed by atoms with van der Waals surface area (Å²) < 4.78 is 5.27. The van der Waals surface area contributed by atoms with Crippen molar-refractivity contribution in [2.75, 3.05) is 26.2 Å². The van der Waals surface area contributed by atoms with Crippen LogP contribution in [0.3, 0.4) is 0 Å². The zero-order valence-electron chi connectivity index (χ0n) is 10.2. The van der Waals surface area contributed by atoms with E-state index in [1.807, 2.05) is 13.8 Å². The standard InChI is InChI=1S/C11H20N2O4/c1-7(2)8(11(15)16)5-13-10(14)9-6-12-3-4-17-9/h7-9,12H,3-6H2,1-2H3,(H,13,14)(H,15,16). The molecule has 3 N–H and O–H groups in total. The van der Waals surface area contributed by atoms with Crippen LogP contribution in [0.15, 0.2) is 0 Å². The smallest absolute Gasteiger partial charge is 0.308 e. The molecule has 6 heteroatoms. The predicted molar refractivity (Wildman–Crippen MR) is 61.6 cm³/mol. The van der Waals surface area contributed by atoms with Gasteiger partial charge in [-0.3, -0.25) is 9.59 Å². The van der Waals surface area contributed by atoms with Gasteiger partial charge in [0.2, 0.25) is 5.91 Å². The molecule has 0 radical (unpaired) electrons. The number of carbonyl (C=O) groups excluding carboxylic acids is 1. The highest BCUT2D eigenvalue weighted by atomic mass is 16.5. The van der Waals surface area contributed by atoms with Crippen molar-refractivity contribution < 1.29 is 19.4 Å². The Balaban J connectivity index is 2.37. The second-order valence-corrected chi connectivity index (χ2v) is 4.50. The summed E-state index contributed by atoms with van der Waals surface area (Å²) in [6.45, 7) is 5.52. The molecular weight excluding hydrogens is 224 g/mol. The van der Waals surface area contributed by atoms with Gasteiger partial charge in [-0.1, -0.05) is 13.8 Å². The summed E-state index contributed by atoms with van der Waals surface area (Å²) in [5.41, 5.74) is 0. The number of carboxylic acid groups (broad SMARTS) is 1. The van der Waals surface area contributed by atoms with E-state index in [2.05, 4.69) is 10.6 Å². The highest BCUT2D eigenvalue weighted by molar-refractivity contribution is 5.81. The molecule has 1 rings (SSSR count). The largest absolute Gasteiger partial charge is 0.481 e. The number of ether oxygens (including phenoxy) is 1. The Bertz CT molecular complexity index is 275. The Labute approximate surface area is 101 Å². The van der Waals surface area contributed by atoms with Crippen LogP contribution in [0.25, 0.3) is 0 Å². The molecule has 1 amide bonds. The van der Waals surface area contributed by atoms with Crippen LogP contribution in [-0.2, 0) is 14.3 Å². The second-order valence-electron chi connectivity index (χ2n) is 4.50. The minimum absolute atomic E-state index is 0.0156. The monoisotopic (exact) mass is 244 g/mol. The first-order valence-electron chi connectivity index (χ1n) is 5.85. The van der Waals surface area contributed by atoms with E-state index in [1.165, 1.54) is 0 Å². The van der Waals surface area contributed by atoms with Crippen molar-refractivity contribution in [1.29, 1.82) is 0 Å². The average Bonchev–Trinajstić information content (AvgIpc) is 2.29. The van der Waals surface area contributed by atoms with E-state index in [4.69, 9.17) is 9.84 Å². The molecule has 1 heterocycles. The number of carboxylic acids is 1. The summed E-state index contributed by atoms with van der Waals surface area (Å²) in [4.78, 5) is 22.6. The van der Waals surface area contributed by atoms with Crippen LogP contribution in [0.5, 0.6) is 0 Å². The number of amides is 1. The van der Waals surface area contributed by atoms with Crippen LogP contribution < -0.4 is 10.6 Å². The maximum atomic E-state index is 11.7. The molecule has 0 bridgehead atoms. The van der Waals surface area contributed by atoms with Gasteiger partial charge in [0.1, 0.15) is 6.10 Å². The Morgan fingerprint density at radius 3 is 2.71 bits per heavy atom. The third-order valence-electron chi connectivity index (χ3n) is 2.84. The van der Waals surface area contributed by atoms with Gasteiger partial charge in [0.05, 0.1) is 12.5 Å². The molecule has 1 fully saturated rings. The lowest BCUT2D eigenvalue weighted by Crippen LogP contribution is -2.49. The fourth-order valence-electron chi connectivity index (χ4n) is 1.67. The first kappa shape index (κ1) is 13.9. The van der Waals surface area contributed by atoms with Crippen LogP contribution in [-0.4, -0.2) is 49.3 Å². The highest BCUT2D eigenvalue weighted by Crippen LogP contribution is 2.09. The number of carbonyl (C=O) groups is 2. The summed E-state index contributed by atoms with van der Waals surface area (Å²) in [6.07, 6.45) is -0.509. The van der Waals surface area contributed by atoms with E-state index < -0.39 is 18.0 Å². The molecule has 1 aliphatic heterocycles. The summed E-state index contributed by atoms with van der Waals surface area (Å²) in [7, 11) is 0. The Kier molecular flexibility index (Phi) is 5.37. The third kappa shape index (κ3) is 4.32. The number of hydrogen-bond acceptors (Lipinski definition) is 4. The Hall–Kier alpha value is -1.14. The molecule has 0 spiro atoms. The Morgan fingerprint density at radius 1 is 1.53 bits per heavy atom. The zero-order chi connectivity index (χ0) is 12.8. The van der Waals surface area contributed by atoms with Crippen molar-refractivity contribution in [3.8, 4) is 0 Å². The van der Waals surface area contributed by atoms with Crippen LogP contribution in [0.2, 0.25) is 0 Å². The molecule has 0 saturated carbocycles. The minimum Gasteiger partial charge on any atom is -0.481 e. The van der Waals surface area contributed by atoms with Crippen LogP contribution in [0.4, 0.5) is 0 Å². The molecule has 2 atom stereocenters. The van der Waals surface area contributed by atoms with Crippen molar-refractivity contribution in [2.24, 2.45) is 11.8 Å². The van der Waals surface area contributed by atoms with Crippen molar-refractivity contribution in [1.82, 2.24) is 10.6 Å². The molecule has 0 aromatic carbocycles. The molecule has 0 aliphatic carbocycles. The van der Waals surface area contributed by atoms with E-state index in [0.717, 1.165) is 6.54 Å². The number of hydrogen-bond donors (Lipinski definition) is 3. The van der Waals surface area contributed by atoms with Crippen LogP contribution in [0, 0.1) is 11.8 Å². The fourth-order valence-corrected chi connectivity index (χ4v) is 1.67. The van der Waals surface area contributed by atoms with Gasteiger partial charge in [-0.05, 0) is 5.92 Å². The molecule has 17 heavy (non-hydrogen) atoms. The fraction of sp³-hybridized carbons (Fsp3) is 0.818. The van der Waals surface area contributed by atoms with Gasteiger partial charge in [0.15, 0.2) is 0 Å². The van der Waals surface area contributed by atoms with E-state index in [-0.39, 0.29) is 18.4 Å². The van der Waals surface area contributed by atoms with Crippen molar-refractivity contribution >= 4 is 11.9 Å². The number of morpholine rings is 1. The van der Waals surface area contributed by atoms with Gasteiger partial charge in [-0.25, -0.2) is 0 Å². The normalized spacial score (nSPS) is 22.2. The van der Waals surface area contributed by atoms with Crippen molar-refractivity contribution in [2.45, 2.75) is 20.0 Å². The summed E-state index contributed by atoms with van der Waals surface area (Å²) in [5, 5.41) is 14.6. The van der Waals surface area contributed by atoms with Crippen molar-refractivity contribution in [3.63, 3.8) is 0 Å². The molecule has 1 saturated heterocycles. The number of aliphatic carboxylic acids is 1. The van der Waals surface area contributed by atoms with Gasteiger partial charge in [0, 0.05) is 19.6 Å². The first-order chi connectivity index (χ1) is 8.02. The summed E-state index contributed by atoms with van der Waals surface area (Å²) in [5.74, 6) is -1.71. The maximum Gasteiger partial charge on any atom is 0.308 e. The average molecular weight is 244 g/mol. The predicted octanol–water partition coefficient (Wildman–Crippen LogP) is -0.552. The zero-order valence-corrected chi connectivity index (χ0v) is 10.2. The lowest BCUT2D eigenvalue weighted by Gasteiger charge is -2.24. The molecule has 2 unspecified atom stereocenters. The van der Waals surface area contributed by atoms with E-state index in [1.54, 1.807) is 0 Å². The SMILES string of the molecule is CC(C)C(CNC(=O)C1CNCCO1)C(=O)O. The van der Waals surface area contributed by atoms with Gasteiger partial charge in [-0.2, -0.15) is 0 Å². The van der Waals surface area contributed by atoms with E-state index in [9.17, 15) is 9.59 Å². The molecule has 1 aliphatic rings. The van der Waals surface area contributed by atoms with E-state index in [0.29, 0.717) is 13.2 Å². The number of nitrogens with one attached hydrogen (secondary N) is 2. The molecular formula is C11H20N2O4. The van der Waals surface area contributed by atoms with Crippen LogP contribution >= 0.6 is 0 Å². The van der Waals surface area contributed by atoms with Crippen molar-refractivity contribution in [3.05, 3.63) is 0 Å². The maximum absolute atomic E-state index is 11.7. The second kappa shape index (κ2) is 6.56. The van der Waals surface area contributed by atoms with Gasteiger partial charge in [-0.15, -0.1) is 0 Å². The van der Waals surface area contributed by atoms with Gasteiger partial charge in [0.25, 0.3) is 0 Å². The summed E-state index contributed by atoms with van der Waals surface area (Å²) >= 11 is 0.